The highest BCUT2D eigenvalue weighted by molar-refractivity contribution is 5.80. The third-order valence-electron chi connectivity index (χ3n) is 3.37. The molecule has 0 saturated heterocycles. The smallest absolute Gasteiger partial charge is 0.220 e. The standard InChI is InChI=1S/C14H20N2O2/c1-11(18)16(5)14(2,10-17)12-6-8-13(9-7-12)15(3)4/h6-10H,1-5H3/t14-/m0/s1. The zero-order chi connectivity index (χ0) is 13.9. The van der Waals surface area contributed by atoms with Gasteiger partial charge < -0.3 is 14.6 Å². The number of aldehydes is 1. The second-order valence-corrected chi connectivity index (χ2v) is 4.78. The maximum atomic E-state index is 11.5. The van der Waals surface area contributed by atoms with Gasteiger partial charge >= 0.3 is 0 Å². The van der Waals surface area contributed by atoms with E-state index in [1.807, 2.05) is 43.3 Å². The van der Waals surface area contributed by atoms with E-state index in [0.717, 1.165) is 17.5 Å². The molecule has 0 aromatic heterocycles. The highest BCUT2D eigenvalue weighted by Crippen LogP contribution is 2.26. The lowest BCUT2D eigenvalue weighted by Gasteiger charge is -2.34. The number of hydrogen-bond acceptors (Lipinski definition) is 3. The van der Waals surface area contributed by atoms with Gasteiger partial charge in [-0.3, -0.25) is 4.79 Å². The second-order valence-electron chi connectivity index (χ2n) is 4.78. The Morgan fingerprint density at radius 2 is 1.67 bits per heavy atom. The van der Waals surface area contributed by atoms with E-state index in [0.29, 0.717) is 0 Å². The number of carbonyl (C=O) groups is 2. The van der Waals surface area contributed by atoms with E-state index < -0.39 is 5.54 Å². The van der Waals surface area contributed by atoms with E-state index in [1.165, 1.54) is 11.8 Å². The molecule has 0 aliphatic carbocycles. The SMILES string of the molecule is CC(=O)N(C)[C@@](C)(C=O)c1ccc(N(C)C)cc1. The highest BCUT2D eigenvalue weighted by Gasteiger charge is 2.32. The molecule has 0 heterocycles. The van der Waals surface area contributed by atoms with Crippen molar-refractivity contribution in [2.24, 2.45) is 0 Å². The van der Waals surface area contributed by atoms with Gasteiger partial charge in [-0.1, -0.05) is 12.1 Å². The van der Waals surface area contributed by atoms with Crippen LogP contribution >= 0.6 is 0 Å². The Bertz CT molecular complexity index is 440. The van der Waals surface area contributed by atoms with E-state index in [1.54, 1.807) is 14.0 Å². The summed E-state index contributed by atoms with van der Waals surface area (Å²) in [5.41, 5.74) is 0.940. The van der Waals surface area contributed by atoms with Gasteiger partial charge in [-0.2, -0.15) is 0 Å². The van der Waals surface area contributed by atoms with Crippen molar-refractivity contribution in [1.29, 1.82) is 0 Å². The fourth-order valence-electron chi connectivity index (χ4n) is 1.76. The predicted molar refractivity (Wildman–Crippen MR) is 72.6 cm³/mol. The molecule has 98 valence electrons. The minimum Gasteiger partial charge on any atom is -0.378 e. The van der Waals surface area contributed by atoms with Gasteiger partial charge in [0.05, 0.1) is 0 Å². The zero-order valence-electron chi connectivity index (χ0n) is 11.6. The summed E-state index contributed by atoms with van der Waals surface area (Å²) in [6.07, 6.45) is 0.805. The van der Waals surface area contributed by atoms with Crippen molar-refractivity contribution in [3.63, 3.8) is 0 Å². The van der Waals surface area contributed by atoms with Gasteiger partial charge in [0.25, 0.3) is 0 Å². The van der Waals surface area contributed by atoms with Crippen LogP contribution in [-0.2, 0) is 15.1 Å². The number of anilines is 1. The molecule has 0 saturated carbocycles. The second kappa shape index (κ2) is 5.21. The topological polar surface area (TPSA) is 40.6 Å². The third kappa shape index (κ3) is 2.53. The maximum Gasteiger partial charge on any atom is 0.220 e. The molecule has 1 rings (SSSR count). The van der Waals surface area contributed by atoms with Gasteiger partial charge in [0.1, 0.15) is 11.8 Å². The van der Waals surface area contributed by atoms with Crippen LogP contribution in [0.5, 0.6) is 0 Å². The number of rotatable bonds is 4. The fourth-order valence-corrected chi connectivity index (χ4v) is 1.76. The summed E-state index contributed by atoms with van der Waals surface area (Å²) in [7, 11) is 5.54. The lowest BCUT2D eigenvalue weighted by Crippen LogP contribution is -2.45. The quantitative estimate of drug-likeness (QED) is 0.761. The van der Waals surface area contributed by atoms with Crippen LogP contribution in [0.4, 0.5) is 5.69 Å². The van der Waals surface area contributed by atoms with E-state index in [2.05, 4.69) is 0 Å². The molecule has 0 N–H and O–H groups in total. The third-order valence-corrected chi connectivity index (χ3v) is 3.37. The maximum absolute atomic E-state index is 11.5. The van der Waals surface area contributed by atoms with Crippen LogP contribution in [0.15, 0.2) is 24.3 Å². The van der Waals surface area contributed by atoms with Crippen molar-refractivity contribution < 1.29 is 9.59 Å². The molecule has 0 aliphatic heterocycles. The summed E-state index contributed by atoms with van der Waals surface area (Å²) in [6, 6.07) is 7.63. The number of amides is 1. The van der Waals surface area contributed by atoms with E-state index in [9.17, 15) is 9.59 Å². The Morgan fingerprint density at radius 3 is 2.00 bits per heavy atom. The number of likely N-dealkylation sites (N-methyl/N-ethyl adjacent to an activating group) is 1. The zero-order valence-corrected chi connectivity index (χ0v) is 11.6. The van der Waals surface area contributed by atoms with Crippen molar-refractivity contribution in [2.75, 3.05) is 26.0 Å². The molecule has 18 heavy (non-hydrogen) atoms. The van der Waals surface area contributed by atoms with Gasteiger partial charge in [0, 0.05) is 33.8 Å². The molecule has 4 heteroatoms. The van der Waals surface area contributed by atoms with Crippen LogP contribution in [0.25, 0.3) is 0 Å². The van der Waals surface area contributed by atoms with Crippen LogP contribution in [-0.4, -0.2) is 38.2 Å². The number of carbonyl (C=O) groups excluding carboxylic acids is 2. The van der Waals surface area contributed by atoms with E-state index in [-0.39, 0.29) is 5.91 Å². The van der Waals surface area contributed by atoms with Gasteiger partial charge in [0.15, 0.2) is 0 Å². The predicted octanol–water partition coefficient (Wildman–Crippen LogP) is 1.65. The first-order chi connectivity index (χ1) is 8.32. The van der Waals surface area contributed by atoms with Crippen LogP contribution in [0.1, 0.15) is 19.4 Å². The Kier molecular flexibility index (Phi) is 4.11. The Morgan fingerprint density at radius 1 is 1.17 bits per heavy atom. The molecule has 0 fully saturated rings. The van der Waals surface area contributed by atoms with Crippen LogP contribution in [0.2, 0.25) is 0 Å². The Balaban J connectivity index is 3.16. The molecular formula is C14H20N2O2. The average Bonchev–Trinajstić information content (AvgIpc) is 2.36. The molecule has 1 atom stereocenters. The van der Waals surface area contributed by atoms with Gasteiger partial charge in [0.2, 0.25) is 5.91 Å². The normalized spacial score (nSPS) is 13.6. The molecule has 1 amide bonds. The summed E-state index contributed by atoms with van der Waals surface area (Å²) in [6.45, 7) is 3.20. The summed E-state index contributed by atoms with van der Waals surface area (Å²) < 4.78 is 0. The Hall–Kier alpha value is -1.84. The van der Waals surface area contributed by atoms with E-state index >= 15 is 0 Å². The molecule has 0 aliphatic rings. The minimum absolute atomic E-state index is 0.138. The molecular weight excluding hydrogens is 228 g/mol. The Labute approximate surface area is 108 Å². The fraction of sp³-hybridized carbons (Fsp3) is 0.429. The van der Waals surface area contributed by atoms with Crippen LogP contribution in [0, 0.1) is 0 Å². The molecule has 0 bridgehead atoms. The average molecular weight is 248 g/mol. The molecule has 0 spiro atoms. The lowest BCUT2D eigenvalue weighted by molar-refractivity contribution is -0.137. The van der Waals surface area contributed by atoms with Gasteiger partial charge in [-0.15, -0.1) is 0 Å². The number of hydrogen-bond donors (Lipinski definition) is 0. The first-order valence-electron chi connectivity index (χ1n) is 5.81. The monoisotopic (exact) mass is 248 g/mol. The summed E-state index contributed by atoms with van der Waals surface area (Å²) in [5.74, 6) is -0.138. The lowest BCUT2D eigenvalue weighted by atomic mass is 9.91. The molecule has 0 radical (unpaired) electrons. The highest BCUT2D eigenvalue weighted by atomic mass is 16.2. The molecule has 0 unspecified atom stereocenters. The first-order valence-corrected chi connectivity index (χ1v) is 5.81. The van der Waals surface area contributed by atoms with Crippen molar-refractivity contribution in [3.8, 4) is 0 Å². The van der Waals surface area contributed by atoms with Crippen molar-refractivity contribution in [1.82, 2.24) is 4.90 Å². The molecule has 1 aromatic carbocycles. The largest absolute Gasteiger partial charge is 0.378 e. The van der Waals surface area contributed by atoms with Crippen molar-refractivity contribution in [2.45, 2.75) is 19.4 Å². The summed E-state index contributed by atoms with van der Waals surface area (Å²) in [4.78, 5) is 26.3. The van der Waals surface area contributed by atoms with Gasteiger partial charge in [-0.25, -0.2) is 0 Å². The summed E-state index contributed by atoms with van der Waals surface area (Å²) in [5, 5.41) is 0. The molecule has 1 aromatic rings. The van der Waals surface area contributed by atoms with Gasteiger partial charge in [-0.05, 0) is 24.6 Å². The van der Waals surface area contributed by atoms with Crippen LogP contribution < -0.4 is 4.90 Å². The van der Waals surface area contributed by atoms with Crippen LogP contribution in [0.3, 0.4) is 0 Å². The number of nitrogens with zero attached hydrogens (tertiary/aromatic N) is 2. The molecule has 4 nitrogen and oxygen atoms in total. The summed E-state index contributed by atoms with van der Waals surface area (Å²) >= 11 is 0. The van der Waals surface area contributed by atoms with Crippen molar-refractivity contribution >= 4 is 17.9 Å². The van der Waals surface area contributed by atoms with Crippen molar-refractivity contribution in [3.05, 3.63) is 29.8 Å². The van der Waals surface area contributed by atoms with E-state index in [4.69, 9.17) is 0 Å². The minimum atomic E-state index is -0.920. The first kappa shape index (κ1) is 14.2. The number of benzene rings is 1.